The standard InChI is InChI=1S/C15H18N2OS/c1-15(2)8-11(16)13(12(18)9-15)14(19)17-10-6-4-3-5-7-10/h3-7H,8-9,16H2,1-2H3,(H,17,19). The highest BCUT2D eigenvalue weighted by atomic mass is 32.1. The Labute approximate surface area is 118 Å². The smallest absolute Gasteiger partial charge is 0.168 e. The molecule has 2 rings (SSSR count). The average molecular weight is 274 g/mol. The fraction of sp³-hybridized carbons (Fsp3) is 0.333. The van der Waals surface area contributed by atoms with Crippen molar-refractivity contribution in [1.82, 2.24) is 0 Å². The van der Waals surface area contributed by atoms with Crippen LogP contribution in [-0.4, -0.2) is 10.8 Å². The Kier molecular flexibility index (Phi) is 3.71. The van der Waals surface area contributed by atoms with Crippen molar-refractivity contribution in [3.8, 4) is 0 Å². The molecule has 1 aromatic rings. The van der Waals surface area contributed by atoms with Gasteiger partial charge in [0.05, 0.1) is 5.57 Å². The molecule has 0 fully saturated rings. The number of nitrogens with two attached hydrogens (primary N) is 1. The van der Waals surface area contributed by atoms with Gasteiger partial charge in [0.1, 0.15) is 4.99 Å². The molecule has 4 heteroatoms. The Morgan fingerprint density at radius 2 is 1.89 bits per heavy atom. The predicted molar refractivity (Wildman–Crippen MR) is 81.9 cm³/mol. The molecule has 0 bridgehead atoms. The van der Waals surface area contributed by atoms with Crippen LogP contribution in [-0.2, 0) is 4.79 Å². The van der Waals surface area contributed by atoms with E-state index in [0.29, 0.717) is 29.1 Å². The normalized spacial score (nSPS) is 18.3. The first kappa shape index (κ1) is 13.7. The van der Waals surface area contributed by atoms with E-state index in [1.54, 1.807) is 0 Å². The fourth-order valence-corrected chi connectivity index (χ4v) is 2.72. The van der Waals surface area contributed by atoms with E-state index in [0.717, 1.165) is 5.69 Å². The highest BCUT2D eigenvalue weighted by Gasteiger charge is 2.33. The number of nitrogens with one attached hydrogen (secondary N) is 1. The van der Waals surface area contributed by atoms with E-state index >= 15 is 0 Å². The first-order valence-corrected chi connectivity index (χ1v) is 6.68. The fourth-order valence-electron chi connectivity index (χ4n) is 2.36. The lowest BCUT2D eigenvalue weighted by Crippen LogP contribution is -2.33. The van der Waals surface area contributed by atoms with Gasteiger partial charge < -0.3 is 11.1 Å². The number of benzene rings is 1. The lowest BCUT2D eigenvalue weighted by molar-refractivity contribution is -0.117. The third-order valence-electron chi connectivity index (χ3n) is 3.17. The number of anilines is 1. The molecule has 0 heterocycles. The van der Waals surface area contributed by atoms with Gasteiger partial charge in [-0.3, -0.25) is 4.79 Å². The quantitative estimate of drug-likeness (QED) is 0.814. The second-order valence-corrected chi connectivity index (χ2v) is 6.07. The number of ketones is 1. The van der Waals surface area contributed by atoms with E-state index in [1.165, 1.54) is 0 Å². The zero-order chi connectivity index (χ0) is 14.0. The molecule has 3 nitrogen and oxygen atoms in total. The number of para-hydroxylation sites is 1. The van der Waals surface area contributed by atoms with Crippen molar-refractivity contribution in [2.24, 2.45) is 11.1 Å². The van der Waals surface area contributed by atoms with Crippen molar-refractivity contribution in [2.45, 2.75) is 26.7 Å². The lowest BCUT2D eigenvalue weighted by Gasteiger charge is -2.30. The summed E-state index contributed by atoms with van der Waals surface area (Å²) in [4.78, 5) is 12.6. The van der Waals surface area contributed by atoms with Gasteiger partial charge >= 0.3 is 0 Å². The summed E-state index contributed by atoms with van der Waals surface area (Å²) in [5.74, 6) is 0.0298. The van der Waals surface area contributed by atoms with Crippen LogP contribution in [0.2, 0.25) is 0 Å². The third-order valence-corrected chi connectivity index (χ3v) is 3.47. The van der Waals surface area contributed by atoms with Gasteiger partial charge in [-0.2, -0.15) is 0 Å². The van der Waals surface area contributed by atoms with Crippen LogP contribution in [0.1, 0.15) is 26.7 Å². The second kappa shape index (κ2) is 5.13. The van der Waals surface area contributed by atoms with Crippen LogP contribution in [0.5, 0.6) is 0 Å². The number of carbonyl (C=O) groups excluding carboxylic acids is 1. The van der Waals surface area contributed by atoms with Gasteiger partial charge in [0, 0.05) is 17.8 Å². The molecule has 100 valence electrons. The third kappa shape index (κ3) is 3.20. The van der Waals surface area contributed by atoms with E-state index in [4.69, 9.17) is 18.0 Å². The maximum Gasteiger partial charge on any atom is 0.168 e. The summed E-state index contributed by atoms with van der Waals surface area (Å²) in [6, 6.07) is 9.56. The van der Waals surface area contributed by atoms with Crippen molar-refractivity contribution in [3.63, 3.8) is 0 Å². The second-order valence-electron chi connectivity index (χ2n) is 5.66. The Bertz CT molecular complexity index is 547. The first-order valence-electron chi connectivity index (χ1n) is 6.27. The molecule has 3 N–H and O–H groups in total. The van der Waals surface area contributed by atoms with Crippen LogP contribution in [0.25, 0.3) is 0 Å². The number of hydrogen-bond acceptors (Lipinski definition) is 3. The molecule has 0 radical (unpaired) electrons. The molecular weight excluding hydrogens is 256 g/mol. The molecule has 0 amide bonds. The van der Waals surface area contributed by atoms with Gasteiger partial charge in [-0.25, -0.2) is 0 Å². The van der Waals surface area contributed by atoms with Gasteiger partial charge in [0.2, 0.25) is 0 Å². The predicted octanol–water partition coefficient (Wildman–Crippen LogP) is 3.03. The molecule has 0 spiro atoms. The topological polar surface area (TPSA) is 55.1 Å². The largest absolute Gasteiger partial charge is 0.401 e. The summed E-state index contributed by atoms with van der Waals surface area (Å²) in [5, 5.41) is 3.07. The average Bonchev–Trinajstić information content (AvgIpc) is 2.27. The van der Waals surface area contributed by atoms with Crippen molar-refractivity contribution in [2.75, 3.05) is 5.32 Å². The summed E-state index contributed by atoms with van der Waals surface area (Å²) in [6.07, 6.45) is 1.18. The van der Waals surface area contributed by atoms with E-state index in [9.17, 15) is 4.79 Å². The minimum atomic E-state index is -0.0764. The van der Waals surface area contributed by atoms with Crippen LogP contribution < -0.4 is 11.1 Å². The highest BCUT2D eigenvalue weighted by Crippen LogP contribution is 2.35. The van der Waals surface area contributed by atoms with Gasteiger partial charge in [-0.15, -0.1) is 0 Å². The van der Waals surface area contributed by atoms with Gasteiger partial charge in [-0.05, 0) is 24.0 Å². The van der Waals surface area contributed by atoms with Crippen molar-refractivity contribution >= 4 is 28.7 Å². The summed E-state index contributed by atoms with van der Waals surface area (Å²) >= 11 is 5.32. The minimum absolute atomic E-state index is 0.0298. The van der Waals surface area contributed by atoms with Crippen LogP contribution in [0.3, 0.4) is 0 Å². The Morgan fingerprint density at radius 3 is 2.47 bits per heavy atom. The summed E-state index contributed by atoms with van der Waals surface area (Å²) in [5.41, 5.74) is 7.90. The van der Waals surface area contributed by atoms with Gasteiger partial charge in [-0.1, -0.05) is 44.3 Å². The zero-order valence-electron chi connectivity index (χ0n) is 11.2. The molecule has 1 aliphatic carbocycles. The number of carbonyl (C=O) groups is 1. The van der Waals surface area contributed by atoms with Crippen molar-refractivity contribution in [1.29, 1.82) is 0 Å². The van der Waals surface area contributed by atoms with E-state index < -0.39 is 0 Å². The monoisotopic (exact) mass is 274 g/mol. The minimum Gasteiger partial charge on any atom is -0.401 e. The summed E-state index contributed by atoms with van der Waals surface area (Å²) in [6.45, 7) is 4.09. The van der Waals surface area contributed by atoms with Crippen LogP contribution in [0.4, 0.5) is 5.69 Å². The summed E-state index contributed by atoms with van der Waals surface area (Å²) < 4.78 is 0. The zero-order valence-corrected chi connectivity index (χ0v) is 12.0. The maximum atomic E-state index is 12.2. The Hall–Kier alpha value is -1.68. The molecule has 1 aromatic carbocycles. The number of rotatable bonds is 2. The van der Waals surface area contributed by atoms with E-state index in [1.807, 2.05) is 44.2 Å². The number of thiocarbonyl (C=S) groups is 1. The van der Waals surface area contributed by atoms with Crippen LogP contribution in [0.15, 0.2) is 41.6 Å². The van der Waals surface area contributed by atoms with Crippen LogP contribution >= 0.6 is 12.2 Å². The highest BCUT2D eigenvalue weighted by molar-refractivity contribution is 7.81. The van der Waals surface area contributed by atoms with Crippen molar-refractivity contribution in [3.05, 3.63) is 41.6 Å². The molecule has 0 saturated carbocycles. The molecule has 19 heavy (non-hydrogen) atoms. The van der Waals surface area contributed by atoms with Crippen LogP contribution in [0, 0.1) is 5.41 Å². The number of hydrogen-bond donors (Lipinski definition) is 2. The molecule has 1 aliphatic rings. The molecule has 0 atom stereocenters. The number of Topliss-reactive ketones (excluding diaryl/α,β-unsaturated/α-hetero) is 1. The first-order chi connectivity index (χ1) is 8.89. The Balaban J connectivity index is 2.22. The maximum absolute atomic E-state index is 12.2. The summed E-state index contributed by atoms with van der Waals surface area (Å²) in [7, 11) is 0. The van der Waals surface area contributed by atoms with Gasteiger partial charge in [0.15, 0.2) is 5.78 Å². The van der Waals surface area contributed by atoms with E-state index in [2.05, 4.69) is 5.32 Å². The Morgan fingerprint density at radius 1 is 1.26 bits per heavy atom. The number of allylic oxidation sites excluding steroid dienone is 1. The van der Waals surface area contributed by atoms with E-state index in [-0.39, 0.29) is 11.2 Å². The SMILES string of the molecule is CC1(C)CC(=O)C(C(=S)Nc2ccccc2)=C(N)C1. The lowest BCUT2D eigenvalue weighted by atomic mass is 9.76. The molecule has 0 unspecified atom stereocenters. The molecule has 0 aromatic heterocycles. The molecular formula is C15H18N2OS. The molecule has 0 aliphatic heterocycles. The van der Waals surface area contributed by atoms with Crippen molar-refractivity contribution < 1.29 is 4.79 Å². The molecule has 0 saturated heterocycles. The van der Waals surface area contributed by atoms with Gasteiger partial charge in [0.25, 0.3) is 0 Å².